The summed E-state index contributed by atoms with van der Waals surface area (Å²) >= 11 is 10.5. The van der Waals surface area contributed by atoms with E-state index in [1.807, 2.05) is 13.0 Å². The largest absolute Gasteiger partial charge is 0.319 e. The Morgan fingerprint density at radius 1 is 1.47 bits per heavy atom. The van der Waals surface area contributed by atoms with E-state index in [-0.39, 0.29) is 10.9 Å². The second-order valence-corrected chi connectivity index (χ2v) is 6.25. The summed E-state index contributed by atoms with van der Waals surface area (Å²) in [5.74, 6) is -0.710. The molecule has 0 radical (unpaired) electrons. The number of amides is 1. The minimum atomic E-state index is -0.459. The van der Waals surface area contributed by atoms with Crippen molar-refractivity contribution in [2.24, 2.45) is 0 Å². The maximum absolute atomic E-state index is 13.1. The number of thiophene rings is 1. The third-order valence-electron chi connectivity index (χ3n) is 2.48. The zero-order chi connectivity index (χ0) is 14.0. The van der Waals surface area contributed by atoms with Crippen molar-refractivity contribution in [2.45, 2.75) is 13.3 Å². The molecule has 2 rings (SSSR count). The maximum atomic E-state index is 13.1. The zero-order valence-corrected chi connectivity index (χ0v) is 13.1. The van der Waals surface area contributed by atoms with Gasteiger partial charge in [0.05, 0.1) is 15.6 Å². The van der Waals surface area contributed by atoms with E-state index >= 15 is 0 Å². The first-order valence-electron chi connectivity index (χ1n) is 5.56. The van der Waals surface area contributed by atoms with Gasteiger partial charge in [-0.1, -0.05) is 18.5 Å². The van der Waals surface area contributed by atoms with Crippen molar-refractivity contribution >= 4 is 50.5 Å². The SMILES string of the molecule is CCc1ccc(C(=O)Nc2c(Cl)cc(F)cc2Br)s1. The predicted octanol–water partition coefficient (Wildman–Crippen LogP) is 5.12. The third-order valence-corrected chi connectivity index (χ3v) is 4.63. The summed E-state index contributed by atoms with van der Waals surface area (Å²) in [5, 5.41) is 2.85. The van der Waals surface area contributed by atoms with E-state index < -0.39 is 5.82 Å². The molecule has 0 atom stereocenters. The molecule has 0 bridgehead atoms. The van der Waals surface area contributed by atoms with Crippen molar-refractivity contribution in [2.75, 3.05) is 5.32 Å². The Kier molecular flexibility index (Phi) is 4.60. The van der Waals surface area contributed by atoms with Gasteiger partial charge >= 0.3 is 0 Å². The number of carbonyl (C=O) groups excluding carboxylic acids is 1. The summed E-state index contributed by atoms with van der Waals surface area (Å²) < 4.78 is 13.5. The van der Waals surface area contributed by atoms with Gasteiger partial charge < -0.3 is 5.32 Å². The van der Waals surface area contributed by atoms with Crippen LogP contribution in [0.15, 0.2) is 28.7 Å². The summed E-state index contributed by atoms with van der Waals surface area (Å²) in [4.78, 5) is 13.8. The van der Waals surface area contributed by atoms with Crippen LogP contribution in [0.3, 0.4) is 0 Å². The van der Waals surface area contributed by atoms with E-state index in [0.717, 1.165) is 17.4 Å². The highest BCUT2D eigenvalue weighted by Crippen LogP contribution is 2.32. The average Bonchev–Trinajstić information content (AvgIpc) is 2.82. The first kappa shape index (κ1) is 14.5. The van der Waals surface area contributed by atoms with Gasteiger partial charge in [0.2, 0.25) is 0 Å². The van der Waals surface area contributed by atoms with Crippen LogP contribution in [-0.2, 0) is 6.42 Å². The molecule has 0 saturated heterocycles. The van der Waals surface area contributed by atoms with Gasteiger partial charge in [0.15, 0.2) is 0 Å². The van der Waals surface area contributed by atoms with E-state index in [9.17, 15) is 9.18 Å². The van der Waals surface area contributed by atoms with Crippen molar-refractivity contribution in [1.29, 1.82) is 0 Å². The molecule has 0 aliphatic rings. The van der Waals surface area contributed by atoms with Crippen molar-refractivity contribution in [3.8, 4) is 0 Å². The Balaban J connectivity index is 2.24. The number of aryl methyl sites for hydroxylation is 1. The van der Waals surface area contributed by atoms with E-state index in [1.54, 1.807) is 6.07 Å². The van der Waals surface area contributed by atoms with Crippen LogP contribution in [0.25, 0.3) is 0 Å². The van der Waals surface area contributed by atoms with E-state index in [4.69, 9.17) is 11.6 Å². The Labute approximate surface area is 127 Å². The number of anilines is 1. The number of halogens is 3. The molecule has 1 aromatic carbocycles. The van der Waals surface area contributed by atoms with Crippen LogP contribution in [0, 0.1) is 5.82 Å². The van der Waals surface area contributed by atoms with E-state index in [0.29, 0.717) is 15.0 Å². The van der Waals surface area contributed by atoms with Gasteiger partial charge in [-0.3, -0.25) is 4.79 Å². The Hall–Kier alpha value is -0.910. The Bertz CT molecular complexity index is 606. The molecule has 1 aromatic heterocycles. The highest BCUT2D eigenvalue weighted by Gasteiger charge is 2.14. The van der Waals surface area contributed by atoms with Gasteiger partial charge in [-0.15, -0.1) is 11.3 Å². The minimum Gasteiger partial charge on any atom is -0.319 e. The van der Waals surface area contributed by atoms with Crippen LogP contribution in [0.2, 0.25) is 5.02 Å². The van der Waals surface area contributed by atoms with Gasteiger partial charge in [0, 0.05) is 9.35 Å². The zero-order valence-electron chi connectivity index (χ0n) is 9.97. The van der Waals surface area contributed by atoms with Crippen molar-refractivity contribution in [3.63, 3.8) is 0 Å². The highest BCUT2D eigenvalue weighted by molar-refractivity contribution is 9.10. The molecule has 0 aliphatic heterocycles. The molecule has 0 unspecified atom stereocenters. The summed E-state index contributed by atoms with van der Waals surface area (Å²) in [6.07, 6.45) is 0.888. The van der Waals surface area contributed by atoms with Crippen LogP contribution in [0.5, 0.6) is 0 Å². The van der Waals surface area contributed by atoms with Crippen LogP contribution >= 0.6 is 38.9 Å². The summed E-state index contributed by atoms with van der Waals surface area (Å²) in [6, 6.07) is 6.10. The van der Waals surface area contributed by atoms with Crippen LogP contribution in [-0.4, -0.2) is 5.91 Å². The number of hydrogen-bond donors (Lipinski definition) is 1. The lowest BCUT2D eigenvalue weighted by Gasteiger charge is -2.08. The molecule has 2 nitrogen and oxygen atoms in total. The maximum Gasteiger partial charge on any atom is 0.265 e. The van der Waals surface area contributed by atoms with Crippen LogP contribution in [0.4, 0.5) is 10.1 Å². The fourth-order valence-electron chi connectivity index (χ4n) is 1.53. The molecule has 6 heteroatoms. The molecular weight excluding hydrogens is 353 g/mol. The molecular formula is C13H10BrClFNOS. The van der Waals surface area contributed by atoms with Gasteiger partial charge in [-0.05, 0) is 46.6 Å². The smallest absolute Gasteiger partial charge is 0.265 e. The lowest BCUT2D eigenvalue weighted by molar-refractivity contribution is 0.103. The summed E-state index contributed by atoms with van der Waals surface area (Å²) in [6.45, 7) is 2.03. The number of hydrogen-bond acceptors (Lipinski definition) is 2. The fourth-order valence-corrected chi connectivity index (χ4v) is 3.27. The molecule has 0 aliphatic carbocycles. The molecule has 2 aromatic rings. The highest BCUT2D eigenvalue weighted by atomic mass is 79.9. The molecule has 1 amide bonds. The first-order chi connectivity index (χ1) is 9.01. The predicted molar refractivity (Wildman–Crippen MR) is 80.8 cm³/mol. The number of nitrogens with one attached hydrogen (secondary N) is 1. The second kappa shape index (κ2) is 6.03. The average molecular weight is 363 g/mol. The number of carbonyl (C=O) groups is 1. The molecule has 1 N–H and O–H groups in total. The fraction of sp³-hybridized carbons (Fsp3) is 0.154. The second-order valence-electron chi connectivity index (χ2n) is 3.82. The molecule has 0 saturated carbocycles. The van der Waals surface area contributed by atoms with Crippen molar-refractivity contribution in [1.82, 2.24) is 0 Å². The standard InChI is InChI=1S/C13H10BrClFNOS/c1-2-8-3-4-11(19-8)13(18)17-12-9(14)5-7(16)6-10(12)15/h3-6H,2H2,1H3,(H,17,18). The van der Waals surface area contributed by atoms with Crippen LogP contribution < -0.4 is 5.32 Å². The summed E-state index contributed by atoms with van der Waals surface area (Å²) in [7, 11) is 0. The molecule has 100 valence electrons. The summed E-state index contributed by atoms with van der Waals surface area (Å²) in [5.41, 5.74) is 0.375. The van der Waals surface area contributed by atoms with Gasteiger partial charge in [-0.2, -0.15) is 0 Å². The van der Waals surface area contributed by atoms with E-state index in [2.05, 4.69) is 21.2 Å². The molecule has 0 fully saturated rings. The van der Waals surface area contributed by atoms with E-state index in [1.165, 1.54) is 17.4 Å². The Morgan fingerprint density at radius 2 is 2.21 bits per heavy atom. The van der Waals surface area contributed by atoms with Gasteiger partial charge in [0.1, 0.15) is 5.82 Å². The monoisotopic (exact) mass is 361 g/mol. The lowest BCUT2D eigenvalue weighted by Crippen LogP contribution is -2.11. The topological polar surface area (TPSA) is 29.1 Å². The molecule has 1 heterocycles. The Morgan fingerprint density at radius 3 is 2.79 bits per heavy atom. The third kappa shape index (κ3) is 3.35. The first-order valence-corrected chi connectivity index (χ1v) is 7.54. The van der Waals surface area contributed by atoms with Crippen molar-refractivity contribution < 1.29 is 9.18 Å². The molecule has 0 spiro atoms. The van der Waals surface area contributed by atoms with Crippen LogP contribution in [0.1, 0.15) is 21.5 Å². The van der Waals surface area contributed by atoms with Gasteiger partial charge in [-0.25, -0.2) is 4.39 Å². The number of benzene rings is 1. The quantitative estimate of drug-likeness (QED) is 0.807. The van der Waals surface area contributed by atoms with Gasteiger partial charge in [0.25, 0.3) is 5.91 Å². The normalized spacial score (nSPS) is 10.5. The lowest BCUT2D eigenvalue weighted by atomic mass is 10.3. The molecule has 19 heavy (non-hydrogen) atoms. The minimum absolute atomic E-state index is 0.160. The van der Waals surface area contributed by atoms with Crippen molar-refractivity contribution in [3.05, 3.63) is 49.3 Å². The number of rotatable bonds is 3.